The van der Waals surface area contributed by atoms with Gasteiger partial charge in [0.25, 0.3) is 0 Å². The molecule has 2 rings (SSSR count). The van der Waals surface area contributed by atoms with E-state index in [0.29, 0.717) is 5.56 Å². The predicted molar refractivity (Wildman–Crippen MR) is 93.2 cm³/mol. The zero-order valence-electron chi connectivity index (χ0n) is 13.4. The first-order chi connectivity index (χ1) is 11.9. The fraction of sp³-hybridized carbons (Fsp3) is 0.167. The molecule has 132 valence electrons. The Morgan fingerprint density at radius 1 is 1.12 bits per heavy atom. The molecule has 0 unspecified atom stereocenters. The summed E-state index contributed by atoms with van der Waals surface area (Å²) in [6.45, 7) is -0.138. The zero-order chi connectivity index (χ0) is 18.1. The summed E-state index contributed by atoms with van der Waals surface area (Å²) in [6, 6.07) is 14.7. The fourth-order valence-corrected chi connectivity index (χ4v) is 2.76. The van der Waals surface area contributed by atoms with Gasteiger partial charge in [0, 0.05) is 12.0 Å². The van der Waals surface area contributed by atoms with Gasteiger partial charge in [0.05, 0.1) is 6.42 Å². The van der Waals surface area contributed by atoms with Crippen molar-refractivity contribution in [2.75, 3.05) is 6.54 Å². The van der Waals surface area contributed by atoms with E-state index < -0.39 is 21.8 Å². The Kier molecular flexibility index (Phi) is 6.85. The van der Waals surface area contributed by atoms with Crippen LogP contribution < -0.4 is 4.72 Å². The van der Waals surface area contributed by atoms with Crippen LogP contribution in [0.2, 0.25) is 0 Å². The number of hydrogen-bond acceptors (Lipinski definition) is 4. The monoisotopic (exact) mass is 363 g/mol. The van der Waals surface area contributed by atoms with Crippen molar-refractivity contribution in [2.24, 2.45) is 0 Å². The minimum absolute atomic E-state index is 0.0583. The lowest BCUT2D eigenvalue weighted by molar-refractivity contribution is -0.144. The van der Waals surface area contributed by atoms with E-state index in [9.17, 15) is 17.6 Å². The lowest BCUT2D eigenvalue weighted by Gasteiger charge is -2.06. The molecular weight excluding hydrogens is 345 g/mol. The van der Waals surface area contributed by atoms with Crippen LogP contribution in [0.25, 0.3) is 6.08 Å². The van der Waals surface area contributed by atoms with Gasteiger partial charge in [-0.1, -0.05) is 42.5 Å². The van der Waals surface area contributed by atoms with E-state index in [1.807, 2.05) is 6.07 Å². The number of ether oxygens (including phenoxy) is 1. The Balaban J connectivity index is 1.73. The SMILES string of the molecule is O=C(CCNS(=O)(=O)/C=C/c1ccccc1)OCc1cccc(F)c1. The van der Waals surface area contributed by atoms with Gasteiger partial charge >= 0.3 is 5.97 Å². The average Bonchev–Trinajstić information content (AvgIpc) is 2.59. The predicted octanol–water partition coefficient (Wildman–Crippen LogP) is 2.85. The Bertz CT molecular complexity index is 835. The van der Waals surface area contributed by atoms with Gasteiger partial charge in [0.2, 0.25) is 10.0 Å². The van der Waals surface area contributed by atoms with E-state index in [-0.39, 0.29) is 19.6 Å². The molecule has 0 fully saturated rings. The summed E-state index contributed by atoms with van der Waals surface area (Å²) in [5, 5.41) is 1.04. The molecule has 7 heteroatoms. The van der Waals surface area contributed by atoms with E-state index in [4.69, 9.17) is 4.74 Å². The first-order valence-electron chi connectivity index (χ1n) is 7.57. The first-order valence-corrected chi connectivity index (χ1v) is 9.12. The molecule has 0 aromatic heterocycles. The van der Waals surface area contributed by atoms with Crippen molar-refractivity contribution in [1.82, 2.24) is 4.72 Å². The summed E-state index contributed by atoms with van der Waals surface area (Å²) < 4.78 is 43.9. The highest BCUT2D eigenvalue weighted by Gasteiger charge is 2.08. The second kappa shape index (κ2) is 9.10. The molecule has 0 saturated heterocycles. The minimum atomic E-state index is -3.64. The van der Waals surface area contributed by atoms with E-state index in [0.717, 1.165) is 11.0 Å². The quantitative estimate of drug-likeness (QED) is 0.732. The minimum Gasteiger partial charge on any atom is -0.461 e. The van der Waals surface area contributed by atoms with Crippen LogP contribution in [0.3, 0.4) is 0 Å². The maximum Gasteiger partial charge on any atom is 0.307 e. The highest BCUT2D eigenvalue weighted by Crippen LogP contribution is 2.06. The van der Waals surface area contributed by atoms with Crippen LogP contribution >= 0.6 is 0 Å². The van der Waals surface area contributed by atoms with E-state index in [1.165, 1.54) is 24.3 Å². The van der Waals surface area contributed by atoms with Gasteiger partial charge < -0.3 is 4.74 Å². The molecule has 0 atom stereocenters. The maximum absolute atomic E-state index is 13.0. The molecule has 0 radical (unpaired) electrons. The summed E-state index contributed by atoms with van der Waals surface area (Å²) >= 11 is 0. The van der Waals surface area contributed by atoms with Crippen LogP contribution in [0.1, 0.15) is 17.5 Å². The van der Waals surface area contributed by atoms with Crippen molar-refractivity contribution in [2.45, 2.75) is 13.0 Å². The third-order valence-electron chi connectivity index (χ3n) is 3.16. The Morgan fingerprint density at radius 3 is 2.60 bits per heavy atom. The highest BCUT2D eigenvalue weighted by atomic mass is 32.2. The van der Waals surface area contributed by atoms with E-state index >= 15 is 0 Å². The zero-order valence-corrected chi connectivity index (χ0v) is 14.2. The molecule has 25 heavy (non-hydrogen) atoms. The van der Waals surface area contributed by atoms with Gasteiger partial charge in [-0.2, -0.15) is 0 Å². The van der Waals surface area contributed by atoms with Gasteiger partial charge in [-0.15, -0.1) is 0 Å². The van der Waals surface area contributed by atoms with Gasteiger partial charge in [-0.25, -0.2) is 17.5 Å². The molecule has 0 aliphatic rings. The van der Waals surface area contributed by atoms with Crippen molar-refractivity contribution in [3.8, 4) is 0 Å². The summed E-state index contributed by atoms with van der Waals surface area (Å²) in [6.07, 6.45) is 1.35. The van der Waals surface area contributed by atoms with E-state index in [1.54, 1.807) is 30.3 Å². The number of nitrogens with one attached hydrogen (secondary N) is 1. The number of rotatable bonds is 8. The van der Waals surface area contributed by atoms with Gasteiger partial charge in [-0.3, -0.25) is 4.79 Å². The molecule has 2 aromatic rings. The van der Waals surface area contributed by atoms with Crippen molar-refractivity contribution >= 4 is 22.1 Å². The molecule has 0 spiro atoms. The van der Waals surface area contributed by atoms with Crippen molar-refractivity contribution in [3.05, 3.63) is 76.9 Å². The number of sulfonamides is 1. The fourth-order valence-electron chi connectivity index (χ4n) is 1.94. The largest absolute Gasteiger partial charge is 0.461 e. The van der Waals surface area contributed by atoms with Crippen LogP contribution in [-0.4, -0.2) is 20.9 Å². The lowest BCUT2D eigenvalue weighted by Crippen LogP contribution is -2.24. The van der Waals surface area contributed by atoms with Crippen LogP contribution in [0, 0.1) is 5.82 Å². The molecule has 0 aliphatic heterocycles. The summed E-state index contributed by atoms with van der Waals surface area (Å²) in [4.78, 5) is 11.6. The molecule has 0 aliphatic carbocycles. The molecule has 0 amide bonds. The van der Waals surface area contributed by atoms with Crippen LogP contribution in [0.4, 0.5) is 4.39 Å². The number of benzene rings is 2. The van der Waals surface area contributed by atoms with Gasteiger partial charge in [-0.05, 0) is 29.3 Å². The first kappa shape index (κ1) is 18.8. The van der Waals surface area contributed by atoms with Crippen molar-refractivity contribution in [3.63, 3.8) is 0 Å². The molecule has 0 saturated carbocycles. The smallest absolute Gasteiger partial charge is 0.307 e. The van der Waals surface area contributed by atoms with Crippen molar-refractivity contribution in [1.29, 1.82) is 0 Å². The molecule has 2 aromatic carbocycles. The molecular formula is C18H18FNO4S. The van der Waals surface area contributed by atoms with Crippen molar-refractivity contribution < 1.29 is 22.3 Å². The van der Waals surface area contributed by atoms with Gasteiger partial charge in [0.1, 0.15) is 12.4 Å². The number of hydrogen-bond donors (Lipinski definition) is 1. The average molecular weight is 363 g/mol. The summed E-state index contributed by atoms with van der Waals surface area (Å²) in [7, 11) is -3.64. The molecule has 1 N–H and O–H groups in total. The Labute approximate surface area is 146 Å². The third kappa shape index (κ3) is 7.28. The van der Waals surface area contributed by atoms with Crippen LogP contribution in [-0.2, 0) is 26.2 Å². The summed E-state index contributed by atoms with van der Waals surface area (Å²) in [5.74, 6) is -0.981. The molecule has 5 nitrogen and oxygen atoms in total. The summed E-state index contributed by atoms with van der Waals surface area (Å²) in [5.41, 5.74) is 1.28. The number of halogens is 1. The lowest BCUT2D eigenvalue weighted by atomic mass is 10.2. The van der Waals surface area contributed by atoms with Gasteiger partial charge in [0.15, 0.2) is 0 Å². The molecule has 0 bridgehead atoms. The van der Waals surface area contributed by atoms with E-state index in [2.05, 4.69) is 4.72 Å². The normalized spacial score (nSPS) is 11.6. The Hall–Kier alpha value is -2.51. The maximum atomic E-state index is 13.0. The number of carbonyl (C=O) groups is 1. The third-order valence-corrected chi connectivity index (χ3v) is 4.26. The Morgan fingerprint density at radius 2 is 1.88 bits per heavy atom. The highest BCUT2D eigenvalue weighted by molar-refractivity contribution is 7.92. The standard InChI is InChI=1S/C18H18FNO4S/c19-17-8-4-7-16(13-17)14-24-18(21)9-11-20-25(22,23)12-10-15-5-2-1-3-6-15/h1-8,10,12-13,20H,9,11,14H2/b12-10+. The number of carbonyl (C=O) groups excluding carboxylic acids is 1. The second-order valence-corrected chi connectivity index (χ2v) is 6.84. The topological polar surface area (TPSA) is 72.5 Å². The number of esters is 1. The second-order valence-electron chi connectivity index (χ2n) is 5.19. The van der Waals surface area contributed by atoms with Crippen LogP contribution in [0.15, 0.2) is 60.0 Å². The van der Waals surface area contributed by atoms with Crippen LogP contribution in [0.5, 0.6) is 0 Å². The molecule has 0 heterocycles.